The third-order valence-electron chi connectivity index (χ3n) is 6.98. The third-order valence-corrected chi connectivity index (χ3v) is 6.98. The molecular formula is C30H36N6O. The molecule has 3 heterocycles. The van der Waals surface area contributed by atoms with Gasteiger partial charge in [0.25, 0.3) is 0 Å². The highest BCUT2D eigenvalue weighted by Gasteiger charge is 2.28. The fourth-order valence-corrected chi connectivity index (χ4v) is 5.16. The molecular weight excluding hydrogens is 460 g/mol. The number of likely N-dealkylation sites (tertiary alicyclic amines) is 1. The number of fused-ring (bicyclic) bond motifs is 1. The number of piperidine rings is 1. The van der Waals surface area contributed by atoms with Crippen molar-refractivity contribution in [3.8, 4) is 11.3 Å². The molecule has 1 atom stereocenters. The molecule has 1 N–H and O–H groups in total. The second-order valence-electron chi connectivity index (χ2n) is 10.4. The van der Waals surface area contributed by atoms with Gasteiger partial charge in [0.1, 0.15) is 5.82 Å². The van der Waals surface area contributed by atoms with Crippen molar-refractivity contribution in [2.45, 2.75) is 25.3 Å². The maximum Gasteiger partial charge on any atom is 0.321 e. The minimum atomic E-state index is -0.0558. The van der Waals surface area contributed by atoms with Crippen LogP contribution in [0.3, 0.4) is 0 Å². The molecule has 2 aromatic carbocycles. The van der Waals surface area contributed by atoms with Crippen molar-refractivity contribution in [2.24, 2.45) is 0 Å². The maximum absolute atomic E-state index is 13.2. The van der Waals surface area contributed by atoms with Gasteiger partial charge < -0.3 is 24.4 Å². The summed E-state index contributed by atoms with van der Waals surface area (Å²) in [5, 5.41) is 3.08. The number of imidazole rings is 1. The molecule has 2 aromatic heterocycles. The van der Waals surface area contributed by atoms with Gasteiger partial charge >= 0.3 is 6.03 Å². The number of pyridine rings is 1. The summed E-state index contributed by atoms with van der Waals surface area (Å²) in [6.45, 7) is 2.29. The van der Waals surface area contributed by atoms with Crippen molar-refractivity contribution in [3.63, 3.8) is 0 Å². The molecule has 4 aromatic rings. The van der Waals surface area contributed by atoms with Crippen LogP contribution in [0.1, 0.15) is 30.1 Å². The summed E-state index contributed by atoms with van der Waals surface area (Å²) < 4.78 is 2.21. The van der Waals surface area contributed by atoms with Crippen molar-refractivity contribution in [2.75, 3.05) is 51.5 Å². The van der Waals surface area contributed by atoms with Crippen LogP contribution in [0.4, 0.5) is 16.2 Å². The molecule has 37 heavy (non-hydrogen) atoms. The number of benzene rings is 2. The van der Waals surface area contributed by atoms with E-state index in [-0.39, 0.29) is 11.9 Å². The highest BCUT2D eigenvalue weighted by atomic mass is 16.2. The molecule has 7 nitrogen and oxygen atoms in total. The number of nitrogens with one attached hydrogen (secondary N) is 1. The SMILES string of the molecule is CN(C)Cc1cccc(-c2nc(C3CCCN(C(=O)Nc4ccc(N(C)C)cc4)C3)n3ccccc23)c1. The Morgan fingerprint density at radius 1 is 1.03 bits per heavy atom. The number of urea groups is 1. The van der Waals surface area contributed by atoms with Gasteiger partial charge in [-0.1, -0.05) is 24.3 Å². The Bertz CT molecular complexity index is 1370. The van der Waals surface area contributed by atoms with Crippen LogP contribution in [-0.4, -0.2) is 66.5 Å². The quantitative estimate of drug-likeness (QED) is 0.381. The molecule has 0 spiro atoms. The molecule has 1 aliphatic rings. The molecule has 1 saturated heterocycles. The number of aromatic nitrogens is 2. The van der Waals surface area contributed by atoms with Gasteiger partial charge in [0.05, 0.1) is 11.2 Å². The first kappa shape index (κ1) is 24.8. The zero-order chi connectivity index (χ0) is 25.9. The summed E-state index contributed by atoms with van der Waals surface area (Å²) in [6.07, 6.45) is 4.05. The number of amides is 2. The zero-order valence-electron chi connectivity index (χ0n) is 22.2. The van der Waals surface area contributed by atoms with Crippen LogP contribution < -0.4 is 10.2 Å². The van der Waals surface area contributed by atoms with E-state index < -0.39 is 0 Å². The molecule has 0 radical (unpaired) electrons. The van der Waals surface area contributed by atoms with Gasteiger partial charge in [-0.15, -0.1) is 0 Å². The smallest absolute Gasteiger partial charge is 0.321 e. The number of hydrogen-bond donors (Lipinski definition) is 1. The molecule has 0 saturated carbocycles. The summed E-state index contributed by atoms with van der Waals surface area (Å²) in [7, 11) is 8.18. The number of rotatable bonds is 6. The molecule has 7 heteroatoms. The third kappa shape index (κ3) is 5.47. The van der Waals surface area contributed by atoms with Crippen LogP contribution in [0.15, 0.2) is 72.9 Å². The lowest BCUT2D eigenvalue weighted by Crippen LogP contribution is -2.42. The number of carbonyl (C=O) groups is 1. The van der Waals surface area contributed by atoms with Crippen molar-refractivity contribution in [1.82, 2.24) is 19.2 Å². The normalized spacial score (nSPS) is 15.8. The molecule has 1 fully saturated rings. The first-order valence-electron chi connectivity index (χ1n) is 12.9. The van der Waals surface area contributed by atoms with Crippen LogP contribution >= 0.6 is 0 Å². The fraction of sp³-hybridized carbons (Fsp3) is 0.333. The van der Waals surface area contributed by atoms with E-state index in [1.807, 2.05) is 48.2 Å². The minimum absolute atomic E-state index is 0.0558. The van der Waals surface area contributed by atoms with Crippen molar-refractivity contribution in [1.29, 1.82) is 0 Å². The molecule has 5 rings (SSSR count). The van der Waals surface area contributed by atoms with E-state index in [0.29, 0.717) is 6.54 Å². The first-order chi connectivity index (χ1) is 17.9. The lowest BCUT2D eigenvalue weighted by molar-refractivity contribution is 0.191. The summed E-state index contributed by atoms with van der Waals surface area (Å²) in [5.74, 6) is 1.20. The Labute approximate surface area is 219 Å². The van der Waals surface area contributed by atoms with Gasteiger partial charge in [0.2, 0.25) is 0 Å². The summed E-state index contributed by atoms with van der Waals surface area (Å²) in [6, 6.07) is 22.8. The number of nitrogens with zero attached hydrogens (tertiary/aromatic N) is 5. The predicted octanol–water partition coefficient (Wildman–Crippen LogP) is 5.54. The first-order valence-corrected chi connectivity index (χ1v) is 12.9. The van der Waals surface area contributed by atoms with Crippen LogP contribution in [0.25, 0.3) is 16.8 Å². The molecule has 0 bridgehead atoms. The maximum atomic E-state index is 13.2. The van der Waals surface area contributed by atoms with E-state index >= 15 is 0 Å². The molecule has 2 amide bonds. The van der Waals surface area contributed by atoms with Gasteiger partial charge in [-0.2, -0.15) is 0 Å². The van der Waals surface area contributed by atoms with Gasteiger partial charge in [-0.25, -0.2) is 9.78 Å². The molecule has 1 unspecified atom stereocenters. The Balaban J connectivity index is 1.38. The Kier molecular flexibility index (Phi) is 7.15. The van der Waals surface area contributed by atoms with E-state index in [9.17, 15) is 4.79 Å². The minimum Gasteiger partial charge on any atom is -0.378 e. The summed E-state index contributed by atoms with van der Waals surface area (Å²) in [5.41, 5.74) is 6.40. The molecule has 0 aliphatic carbocycles. The Morgan fingerprint density at radius 2 is 1.84 bits per heavy atom. The molecule has 192 valence electrons. The number of carbonyl (C=O) groups excluding carboxylic acids is 1. The van der Waals surface area contributed by atoms with Gasteiger partial charge in [-0.3, -0.25) is 0 Å². The average Bonchev–Trinajstić information content (AvgIpc) is 3.29. The van der Waals surface area contributed by atoms with Crippen molar-refractivity contribution < 1.29 is 4.79 Å². The average molecular weight is 497 g/mol. The number of hydrogen-bond acceptors (Lipinski definition) is 4. The van der Waals surface area contributed by atoms with Crippen LogP contribution in [0.5, 0.6) is 0 Å². The van der Waals surface area contributed by atoms with Crippen LogP contribution in [0.2, 0.25) is 0 Å². The Hall–Kier alpha value is -3.84. The van der Waals surface area contributed by atoms with E-state index in [4.69, 9.17) is 4.98 Å². The van der Waals surface area contributed by atoms with Gasteiger partial charge in [-0.05, 0) is 75.0 Å². The Morgan fingerprint density at radius 3 is 2.59 bits per heavy atom. The monoisotopic (exact) mass is 496 g/mol. The van der Waals surface area contributed by atoms with Crippen LogP contribution in [-0.2, 0) is 6.54 Å². The fourth-order valence-electron chi connectivity index (χ4n) is 5.16. The van der Waals surface area contributed by atoms with E-state index in [1.54, 1.807) is 0 Å². The topological polar surface area (TPSA) is 56.1 Å². The van der Waals surface area contributed by atoms with Gasteiger partial charge in [0.15, 0.2) is 0 Å². The second kappa shape index (κ2) is 10.6. The standard InChI is InChI=1S/C30H36N6O/c1-33(2)20-22-9-7-10-23(19-22)28-27-12-5-6-18-36(27)29(32-28)24-11-8-17-35(21-24)30(37)31-25-13-15-26(16-14-25)34(3)4/h5-7,9-10,12-16,18-19,24H,8,11,17,20-21H2,1-4H3,(H,31,37). The van der Waals surface area contributed by atoms with E-state index in [2.05, 4.69) is 77.4 Å². The second-order valence-corrected chi connectivity index (χ2v) is 10.4. The highest BCUT2D eigenvalue weighted by molar-refractivity contribution is 5.89. The zero-order valence-corrected chi connectivity index (χ0v) is 22.2. The van der Waals surface area contributed by atoms with E-state index in [1.165, 1.54) is 5.56 Å². The summed E-state index contributed by atoms with van der Waals surface area (Å²) >= 11 is 0. The summed E-state index contributed by atoms with van der Waals surface area (Å²) in [4.78, 5) is 24.5. The van der Waals surface area contributed by atoms with Crippen molar-refractivity contribution in [3.05, 3.63) is 84.3 Å². The van der Waals surface area contributed by atoms with E-state index in [0.717, 1.165) is 59.9 Å². The molecule has 1 aliphatic heterocycles. The largest absolute Gasteiger partial charge is 0.378 e. The lowest BCUT2D eigenvalue weighted by Gasteiger charge is -2.32. The van der Waals surface area contributed by atoms with Crippen molar-refractivity contribution >= 4 is 22.9 Å². The predicted molar refractivity (Wildman–Crippen MR) is 151 cm³/mol. The number of anilines is 2. The van der Waals surface area contributed by atoms with Gasteiger partial charge in [0, 0.05) is 62.8 Å². The lowest BCUT2D eigenvalue weighted by atomic mass is 9.97. The van der Waals surface area contributed by atoms with Crippen LogP contribution in [0, 0.1) is 0 Å². The highest BCUT2D eigenvalue weighted by Crippen LogP contribution is 2.32.